The molecule has 1 aromatic carbocycles. The fraction of sp³-hybridized carbons (Fsp3) is 0.214. The Morgan fingerprint density at radius 2 is 2.30 bits per heavy atom. The lowest BCUT2D eigenvalue weighted by atomic mass is 10.1. The van der Waals surface area contributed by atoms with Crippen molar-refractivity contribution in [1.29, 1.82) is 0 Å². The number of hydrogen-bond donors (Lipinski definition) is 1. The Morgan fingerprint density at radius 1 is 1.45 bits per heavy atom. The summed E-state index contributed by atoms with van der Waals surface area (Å²) < 4.78 is 1.70. The smallest absolute Gasteiger partial charge is 0.337 e. The van der Waals surface area contributed by atoms with Crippen molar-refractivity contribution >= 4 is 28.3 Å². The van der Waals surface area contributed by atoms with E-state index < -0.39 is 5.97 Å². The molecule has 2 aromatic heterocycles. The van der Waals surface area contributed by atoms with E-state index in [-0.39, 0.29) is 11.6 Å². The van der Waals surface area contributed by atoms with Crippen LogP contribution >= 0.6 is 11.3 Å². The second-order valence-corrected chi connectivity index (χ2v) is 5.48. The lowest BCUT2D eigenvalue weighted by Gasteiger charge is -2.12. The molecule has 1 N–H and O–H groups in total. The maximum atomic E-state index is 11.3. The Bertz CT molecular complexity index is 749. The lowest BCUT2D eigenvalue weighted by molar-refractivity contribution is 0.0698. The molecule has 0 saturated carbocycles. The Hall–Kier alpha value is -2.21. The first-order chi connectivity index (χ1) is 9.66. The summed E-state index contributed by atoms with van der Waals surface area (Å²) in [5, 5.41) is 21.6. The number of carboxylic acid groups (broad SMARTS) is 1. The zero-order valence-corrected chi connectivity index (χ0v) is 11.7. The van der Waals surface area contributed by atoms with Crippen molar-refractivity contribution in [2.75, 3.05) is 0 Å². The van der Waals surface area contributed by atoms with Crippen LogP contribution in [0, 0.1) is 0 Å². The number of aromatic nitrogens is 3. The summed E-state index contributed by atoms with van der Waals surface area (Å²) in [6, 6.07) is 7.17. The third-order valence-electron chi connectivity index (χ3n) is 3.25. The molecule has 2 heterocycles. The van der Waals surface area contributed by atoms with E-state index in [1.165, 1.54) is 5.56 Å². The van der Waals surface area contributed by atoms with Gasteiger partial charge in [0.2, 0.25) is 0 Å². The van der Waals surface area contributed by atoms with E-state index in [0.717, 1.165) is 6.42 Å². The van der Waals surface area contributed by atoms with E-state index in [1.54, 1.807) is 34.2 Å². The summed E-state index contributed by atoms with van der Waals surface area (Å²) >= 11 is 1.65. The number of thiophene rings is 1. The van der Waals surface area contributed by atoms with E-state index in [2.05, 4.69) is 21.8 Å². The number of nitrogens with zero attached hydrogens (tertiary/aromatic N) is 3. The maximum absolute atomic E-state index is 11.3. The van der Waals surface area contributed by atoms with Crippen molar-refractivity contribution in [2.45, 2.75) is 19.4 Å². The van der Waals surface area contributed by atoms with Crippen molar-refractivity contribution in [3.63, 3.8) is 0 Å². The lowest BCUT2D eigenvalue weighted by Crippen LogP contribution is -2.12. The zero-order valence-electron chi connectivity index (χ0n) is 10.9. The molecule has 5 nitrogen and oxygen atoms in total. The summed E-state index contributed by atoms with van der Waals surface area (Å²) in [6.45, 7) is 2.02. The third kappa shape index (κ3) is 2.18. The third-order valence-corrected chi connectivity index (χ3v) is 3.98. The molecule has 0 amide bonds. The molecule has 0 saturated heterocycles. The number of hydrogen-bond acceptors (Lipinski definition) is 4. The van der Waals surface area contributed by atoms with Crippen LogP contribution in [0.25, 0.3) is 11.0 Å². The Balaban J connectivity index is 2.05. The van der Waals surface area contributed by atoms with Gasteiger partial charge in [-0.3, -0.25) is 0 Å². The molecule has 0 bridgehead atoms. The van der Waals surface area contributed by atoms with Crippen LogP contribution in [0.1, 0.15) is 28.9 Å². The Labute approximate surface area is 119 Å². The molecule has 3 rings (SSSR count). The predicted molar refractivity (Wildman–Crippen MR) is 77.2 cm³/mol. The van der Waals surface area contributed by atoms with Crippen LogP contribution in [0.2, 0.25) is 0 Å². The minimum Gasteiger partial charge on any atom is -0.478 e. The van der Waals surface area contributed by atoms with Crippen LogP contribution in [0.5, 0.6) is 0 Å². The van der Waals surface area contributed by atoms with Gasteiger partial charge in [-0.25, -0.2) is 9.48 Å². The van der Waals surface area contributed by atoms with E-state index >= 15 is 0 Å². The van der Waals surface area contributed by atoms with Crippen LogP contribution in [0.15, 0.2) is 35.0 Å². The van der Waals surface area contributed by atoms with Gasteiger partial charge in [0.15, 0.2) is 0 Å². The number of para-hydroxylation sites is 1. The topological polar surface area (TPSA) is 68.0 Å². The molecule has 0 aliphatic carbocycles. The molecule has 0 aliphatic rings. The highest BCUT2D eigenvalue weighted by atomic mass is 32.1. The first kappa shape index (κ1) is 12.8. The minimum atomic E-state index is -0.957. The monoisotopic (exact) mass is 287 g/mol. The fourth-order valence-corrected chi connectivity index (χ4v) is 2.99. The normalized spacial score (nSPS) is 12.7. The van der Waals surface area contributed by atoms with Crippen molar-refractivity contribution < 1.29 is 9.90 Å². The van der Waals surface area contributed by atoms with Crippen molar-refractivity contribution in [3.05, 3.63) is 46.2 Å². The molecule has 6 heteroatoms. The molecule has 0 aliphatic heterocycles. The highest BCUT2D eigenvalue weighted by molar-refractivity contribution is 7.07. The largest absolute Gasteiger partial charge is 0.478 e. The van der Waals surface area contributed by atoms with Crippen LogP contribution < -0.4 is 0 Å². The van der Waals surface area contributed by atoms with Crippen molar-refractivity contribution in [1.82, 2.24) is 15.0 Å². The van der Waals surface area contributed by atoms with Crippen molar-refractivity contribution in [3.8, 4) is 0 Å². The molecular weight excluding hydrogens is 274 g/mol. The average molecular weight is 287 g/mol. The van der Waals surface area contributed by atoms with E-state index in [0.29, 0.717) is 11.0 Å². The van der Waals surface area contributed by atoms with Gasteiger partial charge in [0.05, 0.1) is 11.6 Å². The van der Waals surface area contributed by atoms with Crippen molar-refractivity contribution in [2.24, 2.45) is 0 Å². The van der Waals surface area contributed by atoms with Gasteiger partial charge in [-0.1, -0.05) is 11.3 Å². The van der Waals surface area contributed by atoms with E-state index in [4.69, 9.17) is 0 Å². The molecular formula is C14H13N3O2S. The quantitative estimate of drug-likeness (QED) is 0.801. The Morgan fingerprint density at radius 3 is 3.00 bits per heavy atom. The van der Waals surface area contributed by atoms with Crippen LogP contribution in [0.3, 0.4) is 0 Å². The second kappa shape index (κ2) is 5.05. The highest BCUT2D eigenvalue weighted by Gasteiger charge is 2.18. The zero-order chi connectivity index (χ0) is 14.1. The van der Waals surface area contributed by atoms with Crippen LogP contribution in [0.4, 0.5) is 0 Å². The van der Waals surface area contributed by atoms with Gasteiger partial charge < -0.3 is 5.11 Å². The first-order valence-corrected chi connectivity index (χ1v) is 7.19. The van der Waals surface area contributed by atoms with Gasteiger partial charge in [-0.15, -0.1) is 5.10 Å². The van der Waals surface area contributed by atoms with Crippen LogP contribution in [-0.2, 0) is 6.42 Å². The molecule has 1 atom stereocenters. The van der Waals surface area contributed by atoms with Gasteiger partial charge in [0.25, 0.3) is 0 Å². The molecule has 1 unspecified atom stereocenters. The van der Waals surface area contributed by atoms with Gasteiger partial charge in [0.1, 0.15) is 11.0 Å². The number of fused-ring (bicyclic) bond motifs is 1. The summed E-state index contributed by atoms with van der Waals surface area (Å²) in [4.78, 5) is 11.3. The number of carboxylic acids is 1. The molecule has 0 spiro atoms. The summed E-state index contributed by atoms with van der Waals surface area (Å²) in [7, 11) is 0. The number of carbonyl (C=O) groups is 1. The predicted octanol–water partition coefficient (Wildman–Crippen LogP) is 2.99. The molecule has 102 valence electrons. The van der Waals surface area contributed by atoms with Gasteiger partial charge in [-0.05, 0) is 47.9 Å². The summed E-state index contributed by atoms with van der Waals surface area (Å²) in [6.07, 6.45) is 0.802. The SMILES string of the molecule is CC(Cc1ccsc1)n1nnc2cccc(C(=O)O)c21. The van der Waals surface area contributed by atoms with E-state index in [9.17, 15) is 9.90 Å². The molecule has 0 fully saturated rings. The minimum absolute atomic E-state index is 0.0510. The first-order valence-electron chi connectivity index (χ1n) is 6.25. The molecule has 20 heavy (non-hydrogen) atoms. The second-order valence-electron chi connectivity index (χ2n) is 4.70. The van der Waals surface area contributed by atoms with E-state index in [1.807, 2.05) is 12.3 Å². The average Bonchev–Trinajstić information content (AvgIpc) is 3.06. The standard InChI is InChI=1S/C14H13N3O2S/c1-9(7-10-5-6-20-8-10)17-13-11(14(18)19)3-2-4-12(13)15-16-17/h2-6,8-9H,7H2,1H3,(H,18,19). The fourth-order valence-electron chi connectivity index (χ4n) is 2.31. The van der Waals surface area contributed by atoms with Gasteiger partial charge >= 0.3 is 5.97 Å². The van der Waals surface area contributed by atoms with Gasteiger partial charge in [0, 0.05) is 0 Å². The van der Waals surface area contributed by atoms with Gasteiger partial charge in [-0.2, -0.15) is 11.3 Å². The summed E-state index contributed by atoms with van der Waals surface area (Å²) in [5.74, 6) is -0.957. The highest BCUT2D eigenvalue weighted by Crippen LogP contribution is 2.23. The summed E-state index contributed by atoms with van der Waals surface area (Å²) in [5.41, 5.74) is 2.66. The number of aromatic carboxylic acids is 1. The Kier molecular flexibility index (Phi) is 3.23. The maximum Gasteiger partial charge on any atom is 0.337 e. The number of rotatable bonds is 4. The number of benzene rings is 1. The molecule has 3 aromatic rings. The van der Waals surface area contributed by atoms with Crippen LogP contribution in [-0.4, -0.2) is 26.1 Å². The molecule has 0 radical (unpaired) electrons.